The number of hydrogen-bond acceptors (Lipinski definition) is 4. The number of nitrogens with zero attached hydrogens (tertiary/aromatic N) is 1. The molecule has 1 heterocycles. The van der Waals surface area contributed by atoms with Crippen LogP contribution in [0.15, 0.2) is 0 Å². The monoisotopic (exact) mass is 229 g/mol. The molecule has 1 saturated heterocycles. The highest BCUT2D eigenvalue weighted by Gasteiger charge is 2.29. The quantitative estimate of drug-likeness (QED) is 0.576. The van der Waals surface area contributed by atoms with Crippen molar-refractivity contribution in [2.75, 3.05) is 26.2 Å². The van der Waals surface area contributed by atoms with Gasteiger partial charge in [0, 0.05) is 26.2 Å². The Morgan fingerprint density at radius 2 is 1.94 bits per heavy atom. The van der Waals surface area contributed by atoms with Gasteiger partial charge < -0.3 is 20.7 Å². The van der Waals surface area contributed by atoms with E-state index in [-0.39, 0.29) is 12.2 Å². The lowest BCUT2D eigenvalue weighted by Gasteiger charge is -2.34. The Balaban J connectivity index is 2.49. The summed E-state index contributed by atoms with van der Waals surface area (Å²) < 4.78 is 5.48. The average Bonchev–Trinajstić information content (AvgIpc) is 2.23. The molecular weight excluding hydrogens is 210 g/mol. The van der Waals surface area contributed by atoms with E-state index in [2.05, 4.69) is 5.32 Å². The van der Waals surface area contributed by atoms with Gasteiger partial charge in [-0.3, -0.25) is 9.59 Å². The Hall–Kier alpha value is -1.14. The maximum Gasteiger partial charge on any atom is 0.312 e. The third kappa shape index (κ3) is 3.46. The molecule has 0 aromatic heterocycles. The van der Waals surface area contributed by atoms with Crippen LogP contribution in [0.4, 0.5) is 0 Å². The zero-order chi connectivity index (χ0) is 12.1. The number of hydrogen-bond donors (Lipinski definition) is 2. The van der Waals surface area contributed by atoms with Gasteiger partial charge in [-0.1, -0.05) is 0 Å². The first kappa shape index (κ1) is 12.9. The van der Waals surface area contributed by atoms with Crippen molar-refractivity contribution in [1.82, 2.24) is 10.2 Å². The summed E-state index contributed by atoms with van der Waals surface area (Å²) in [7, 11) is 0. The Morgan fingerprint density at radius 1 is 1.38 bits per heavy atom. The highest BCUT2D eigenvalue weighted by atomic mass is 16.5. The minimum atomic E-state index is -0.591. The maximum atomic E-state index is 11.7. The molecule has 1 rings (SSSR count). The van der Waals surface area contributed by atoms with Crippen molar-refractivity contribution in [3.8, 4) is 0 Å². The van der Waals surface area contributed by atoms with Crippen LogP contribution < -0.4 is 11.1 Å². The fraction of sp³-hybridized carbons (Fsp3) is 0.800. The smallest absolute Gasteiger partial charge is 0.312 e. The fourth-order valence-corrected chi connectivity index (χ4v) is 1.75. The van der Waals surface area contributed by atoms with Gasteiger partial charge in [-0.2, -0.15) is 0 Å². The van der Waals surface area contributed by atoms with Crippen LogP contribution in [0.2, 0.25) is 0 Å². The van der Waals surface area contributed by atoms with E-state index in [1.807, 2.05) is 13.8 Å². The molecule has 3 N–H and O–H groups in total. The van der Waals surface area contributed by atoms with Crippen molar-refractivity contribution in [3.05, 3.63) is 0 Å². The highest BCUT2D eigenvalue weighted by Crippen LogP contribution is 2.10. The van der Waals surface area contributed by atoms with Crippen molar-refractivity contribution in [2.24, 2.45) is 5.73 Å². The number of nitrogens with one attached hydrogen (secondary N) is 1. The molecule has 0 aromatic rings. The topological polar surface area (TPSA) is 84.7 Å². The van der Waals surface area contributed by atoms with Crippen LogP contribution in [0.25, 0.3) is 0 Å². The molecule has 16 heavy (non-hydrogen) atoms. The summed E-state index contributed by atoms with van der Waals surface area (Å²) in [6.07, 6.45) is -0.0648. The van der Waals surface area contributed by atoms with E-state index >= 15 is 0 Å². The molecule has 2 atom stereocenters. The van der Waals surface area contributed by atoms with E-state index in [0.717, 1.165) is 0 Å². The minimum absolute atomic E-state index is 0.0324. The van der Waals surface area contributed by atoms with Crippen LogP contribution in [0, 0.1) is 0 Å². The zero-order valence-electron chi connectivity index (χ0n) is 9.73. The van der Waals surface area contributed by atoms with E-state index in [1.54, 1.807) is 0 Å². The summed E-state index contributed by atoms with van der Waals surface area (Å²) >= 11 is 0. The highest BCUT2D eigenvalue weighted by molar-refractivity contribution is 6.35. The second kappa shape index (κ2) is 5.81. The van der Waals surface area contributed by atoms with Gasteiger partial charge in [-0.05, 0) is 13.8 Å². The molecular formula is C10H19N3O3. The summed E-state index contributed by atoms with van der Waals surface area (Å²) in [5.41, 5.74) is 5.24. The minimum Gasteiger partial charge on any atom is -0.372 e. The lowest BCUT2D eigenvalue weighted by molar-refractivity contribution is -0.153. The third-order valence-electron chi connectivity index (χ3n) is 2.33. The van der Waals surface area contributed by atoms with Gasteiger partial charge in [0.2, 0.25) is 0 Å². The molecule has 0 aromatic carbocycles. The first-order chi connectivity index (χ1) is 7.54. The van der Waals surface area contributed by atoms with Crippen molar-refractivity contribution in [2.45, 2.75) is 26.1 Å². The summed E-state index contributed by atoms with van der Waals surface area (Å²) in [4.78, 5) is 24.6. The van der Waals surface area contributed by atoms with E-state index < -0.39 is 11.8 Å². The van der Waals surface area contributed by atoms with Gasteiger partial charge in [-0.25, -0.2) is 0 Å². The van der Waals surface area contributed by atoms with Crippen LogP contribution in [0.5, 0.6) is 0 Å². The number of ether oxygens (including phenoxy) is 1. The van der Waals surface area contributed by atoms with Gasteiger partial charge in [-0.15, -0.1) is 0 Å². The molecule has 6 heteroatoms. The average molecular weight is 229 g/mol. The Labute approximate surface area is 95.1 Å². The second-order valence-corrected chi connectivity index (χ2v) is 4.01. The first-order valence-corrected chi connectivity index (χ1v) is 5.47. The Bertz CT molecular complexity index is 260. The summed E-state index contributed by atoms with van der Waals surface area (Å²) in [5.74, 6) is -1.10. The summed E-state index contributed by atoms with van der Waals surface area (Å²) in [6, 6.07) is 0. The second-order valence-electron chi connectivity index (χ2n) is 4.01. The maximum absolute atomic E-state index is 11.7. The largest absolute Gasteiger partial charge is 0.372 e. The van der Waals surface area contributed by atoms with E-state index in [4.69, 9.17) is 10.5 Å². The molecule has 1 fully saturated rings. The molecule has 0 radical (unpaired) electrons. The van der Waals surface area contributed by atoms with Crippen molar-refractivity contribution < 1.29 is 14.3 Å². The van der Waals surface area contributed by atoms with Crippen LogP contribution in [-0.2, 0) is 14.3 Å². The molecule has 1 aliphatic heterocycles. The van der Waals surface area contributed by atoms with Crippen LogP contribution in [0.1, 0.15) is 13.8 Å². The van der Waals surface area contributed by atoms with Gasteiger partial charge in [0.1, 0.15) is 0 Å². The standard InChI is InChI=1S/C10H19N3O3/c1-7-5-13(6-8(2)16-7)10(15)9(14)12-4-3-11/h7-8H,3-6,11H2,1-2H3,(H,12,14)/t7-,8+. The summed E-state index contributed by atoms with van der Waals surface area (Å²) in [6.45, 7) is 5.33. The molecule has 0 spiro atoms. The third-order valence-corrected chi connectivity index (χ3v) is 2.33. The molecule has 0 bridgehead atoms. The lowest BCUT2D eigenvalue weighted by Crippen LogP contribution is -2.52. The number of rotatable bonds is 2. The number of carbonyl (C=O) groups is 2. The van der Waals surface area contributed by atoms with Gasteiger partial charge in [0.15, 0.2) is 0 Å². The SMILES string of the molecule is C[C@@H]1CN(C(=O)C(=O)NCCN)C[C@H](C)O1. The van der Waals surface area contributed by atoms with Crippen LogP contribution in [-0.4, -0.2) is 55.1 Å². The van der Waals surface area contributed by atoms with E-state index in [0.29, 0.717) is 26.2 Å². The number of nitrogens with two attached hydrogens (primary N) is 1. The zero-order valence-corrected chi connectivity index (χ0v) is 9.73. The lowest BCUT2D eigenvalue weighted by atomic mass is 10.2. The van der Waals surface area contributed by atoms with Gasteiger partial charge in [0.05, 0.1) is 12.2 Å². The Kier molecular flexibility index (Phi) is 4.70. The predicted molar refractivity (Wildman–Crippen MR) is 58.7 cm³/mol. The molecule has 0 saturated carbocycles. The molecule has 92 valence electrons. The molecule has 0 aliphatic carbocycles. The molecule has 1 aliphatic rings. The van der Waals surface area contributed by atoms with Crippen molar-refractivity contribution in [1.29, 1.82) is 0 Å². The number of carbonyl (C=O) groups excluding carboxylic acids is 2. The van der Waals surface area contributed by atoms with Gasteiger partial charge in [0.25, 0.3) is 0 Å². The number of amides is 2. The van der Waals surface area contributed by atoms with Crippen LogP contribution >= 0.6 is 0 Å². The van der Waals surface area contributed by atoms with Gasteiger partial charge >= 0.3 is 11.8 Å². The predicted octanol–water partition coefficient (Wildman–Crippen LogP) is -1.30. The normalized spacial score (nSPS) is 25.3. The van der Waals surface area contributed by atoms with E-state index in [1.165, 1.54) is 4.90 Å². The van der Waals surface area contributed by atoms with Crippen LogP contribution in [0.3, 0.4) is 0 Å². The summed E-state index contributed by atoms with van der Waals surface area (Å²) in [5, 5.41) is 2.46. The van der Waals surface area contributed by atoms with Crippen molar-refractivity contribution >= 4 is 11.8 Å². The number of morpholine rings is 1. The molecule has 6 nitrogen and oxygen atoms in total. The first-order valence-electron chi connectivity index (χ1n) is 5.47. The Morgan fingerprint density at radius 3 is 2.44 bits per heavy atom. The molecule has 0 unspecified atom stereocenters. The fourth-order valence-electron chi connectivity index (χ4n) is 1.75. The molecule has 2 amide bonds. The van der Waals surface area contributed by atoms with E-state index in [9.17, 15) is 9.59 Å². The van der Waals surface area contributed by atoms with Crippen molar-refractivity contribution in [3.63, 3.8) is 0 Å².